The number of halogens is 1. The van der Waals surface area contributed by atoms with Gasteiger partial charge in [0.25, 0.3) is 0 Å². The van der Waals surface area contributed by atoms with Crippen LogP contribution in [0.25, 0.3) is 0 Å². The minimum Gasteiger partial charge on any atom is -0.368 e. The summed E-state index contributed by atoms with van der Waals surface area (Å²) >= 11 is 8.08. The van der Waals surface area contributed by atoms with Crippen molar-refractivity contribution < 1.29 is 0 Å². The second-order valence-electron chi connectivity index (χ2n) is 4.22. The molecule has 0 aliphatic rings. The van der Waals surface area contributed by atoms with Crippen LogP contribution in [-0.2, 0) is 13.0 Å². The summed E-state index contributed by atoms with van der Waals surface area (Å²) in [6, 6.07) is 10.2. The number of hydrogen-bond donors (Lipinski definition) is 1. The summed E-state index contributed by atoms with van der Waals surface area (Å²) in [5.74, 6) is 0. The fraction of sp³-hybridized carbons (Fsp3) is 0.286. The third kappa shape index (κ3) is 3.05. The molecule has 1 aromatic heterocycles. The highest BCUT2D eigenvalue weighted by atomic mass is 35.5. The zero-order chi connectivity index (χ0) is 13.0. The molecule has 0 spiro atoms. The maximum absolute atomic E-state index is 6.32. The first-order valence-corrected chi connectivity index (χ1v) is 7.19. The van der Waals surface area contributed by atoms with Gasteiger partial charge in [-0.1, -0.05) is 29.8 Å². The zero-order valence-corrected chi connectivity index (χ0v) is 12.0. The molecular formula is C14H17ClN2S. The number of nitrogens with two attached hydrogens (primary N) is 1. The smallest absolute Gasteiger partial charge is 0.0642 e. The number of anilines is 1. The predicted octanol–water partition coefficient (Wildman–Crippen LogP) is 3.54. The molecule has 2 aromatic rings. The van der Waals surface area contributed by atoms with Crippen LogP contribution < -0.4 is 10.6 Å². The van der Waals surface area contributed by atoms with E-state index in [1.807, 2.05) is 12.1 Å². The molecule has 0 aliphatic carbocycles. The summed E-state index contributed by atoms with van der Waals surface area (Å²) in [6.45, 7) is 1.51. The van der Waals surface area contributed by atoms with Gasteiger partial charge in [-0.3, -0.25) is 0 Å². The molecule has 0 atom stereocenters. The number of benzene rings is 1. The molecule has 0 saturated carbocycles. The first-order valence-electron chi connectivity index (χ1n) is 5.93. The molecule has 0 unspecified atom stereocenters. The summed E-state index contributed by atoms with van der Waals surface area (Å²) in [6.07, 6.45) is 0.852. The van der Waals surface area contributed by atoms with Crippen molar-refractivity contribution in [2.45, 2.75) is 13.0 Å². The van der Waals surface area contributed by atoms with Gasteiger partial charge in [0.05, 0.1) is 17.3 Å². The van der Waals surface area contributed by atoms with E-state index in [2.05, 4.69) is 35.5 Å². The Morgan fingerprint density at radius 2 is 2.11 bits per heavy atom. The highest BCUT2D eigenvalue weighted by Crippen LogP contribution is 2.30. The number of para-hydroxylation sites is 1. The van der Waals surface area contributed by atoms with Crippen molar-refractivity contribution in [2.24, 2.45) is 5.73 Å². The van der Waals surface area contributed by atoms with Crippen molar-refractivity contribution in [1.29, 1.82) is 0 Å². The van der Waals surface area contributed by atoms with Crippen molar-refractivity contribution >= 4 is 28.6 Å². The molecule has 2 rings (SSSR count). The lowest BCUT2D eigenvalue weighted by atomic mass is 10.1. The number of rotatable bonds is 5. The van der Waals surface area contributed by atoms with E-state index in [1.54, 1.807) is 11.3 Å². The second kappa shape index (κ2) is 6.23. The van der Waals surface area contributed by atoms with E-state index in [4.69, 9.17) is 17.3 Å². The summed E-state index contributed by atoms with van der Waals surface area (Å²) < 4.78 is 0. The molecule has 2 N–H and O–H groups in total. The molecule has 0 saturated heterocycles. The Hall–Kier alpha value is -1.03. The van der Waals surface area contributed by atoms with Gasteiger partial charge in [-0.25, -0.2) is 0 Å². The third-order valence-electron chi connectivity index (χ3n) is 2.84. The molecule has 0 amide bonds. The average Bonchev–Trinajstić information content (AvgIpc) is 2.82. The normalized spacial score (nSPS) is 10.6. The molecule has 1 aromatic carbocycles. The van der Waals surface area contributed by atoms with E-state index in [0.29, 0.717) is 6.54 Å². The lowest BCUT2D eigenvalue weighted by Crippen LogP contribution is -2.18. The Morgan fingerprint density at radius 3 is 2.78 bits per heavy atom. The van der Waals surface area contributed by atoms with E-state index >= 15 is 0 Å². The van der Waals surface area contributed by atoms with Gasteiger partial charge in [0, 0.05) is 11.9 Å². The van der Waals surface area contributed by atoms with E-state index < -0.39 is 0 Å². The van der Waals surface area contributed by atoms with Gasteiger partial charge in [-0.2, -0.15) is 0 Å². The second-order valence-corrected chi connectivity index (χ2v) is 5.66. The standard InChI is InChI=1S/C14H17ClN2S/c1-17(10-12-5-3-9-18-12)14-11(7-8-16)4-2-6-13(14)15/h2-6,9H,7-8,10,16H2,1H3. The Balaban J connectivity index is 2.25. The van der Waals surface area contributed by atoms with Gasteiger partial charge in [0.2, 0.25) is 0 Å². The topological polar surface area (TPSA) is 29.3 Å². The van der Waals surface area contributed by atoms with Crippen LogP contribution in [0.4, 0.5) is 5.69 Å². The van der Waals surface area contributed by atoms with Crippen molar-refractivity contribution in [1.82, 2.24) is 0 Å². The van der Waals surface area contributed by atoms with Gasteiger partial charge in [-0.15, -0.1) is 11.3 Å². The van der Waals surface area contributed by atoms with Crippen LogP contribution in [0.5, 0.6) is 0 Å². The minimum absolute atomic E-state index is 0.639. The van der Waals surface area contributed by atoms with Crippen LogP contribution in [0, 0.1) is 0 Å². The number of hydrogen-bond acceptors (Lipinski definition) is 3. The van der Waals surface area contributed by atoms with Gasteiger partial charge >= 0.3 is 0 Å². The molecule has 0 bridgehead atoms. The van der Waals surface area contributed by atoms with Crippen molar-refractivity contribution in [3.8, 4) is 0 Å². The SMILES string of the molecule is CN(Cc1cccs1)c1c(Cl)cccc1CCN. The highest BCUT2D eigenvalue weighted by molar-refractivity contribution is 7.09. The van der Waals surface area contributed by atoms with Gasteiger partial charge in [-0.05, 0) is 36.0 Å². The van der Waals surface area contributed by atoms with Gasteiger partial charge < -0.3 is 10.6 Å². The first-order chi connectivity index (χ1) is 8.72. The third-order valence-corrected chi connectivity index (χ3v) is 4.00. The average molecular weight is 281 g/mol. The number of thiophene rings is 1. The van der Waals surface area contributed by atoms with E-state index in [9.17, 15) is 0 Å². The highest BCUT2D eigenvalue weighted by Gasteiger charge is 2.11. The Labute approximate surface area is 117 Å². The Morgan fingerprint density at radius 1 is 1.28 bits per heavy atom. The van der Waals surface area contributed by atoms with Crippen LogP contribution in [-0.4, -0.2) is 13.6 Å². The largest absolute Gasteiger partial charge is 0.368 e. The van der Waals surface area contributed by atoms with E-state index in [0.717, 1.165) is 23.7 Å². The molecule has 2 nitrogen and oxygen atoms in total. The fourth-order valence-electron chi connectivity index (χ4n) is 2.06. The molecule has 0 aliphatic heterocycles. The predicted molar refractivity (Wildman–Crippen MR) is 80.6 cm³/mol. The molecule has 0 fully saturated rings. The Kier molecular flexibility index (Phi) is 4.64. The molecular weight excluding hydrogens is 264 g/mol. The van der Waals surface area contributed by atoms with E-state index in [1.165, 1.54) is 10.4 Å². The van der Waals surface area contributed by atoms with Crippen molar-refractivity contribution in [2.75, 3.05) is 18.5 Å². The summed E-state index contributed by atoms with van der Waals surface area (Å²) in [7, 11) is 2.07. The van der Waals surface area contributed by atoms with E-state index in [-0.39, 0.29) is 0 Å². The van der Waals surface area contributed by atoms with Crippen molar-refractivity contribution in [3.63, 3.8) is 0 Å². The summed E-state index contributed by atoms with van der Waals surface area (Å²) in [4.78, 5) is 3.52. The van der Waals surface area contributed by atoms with Crippen LogP contribution in [0.1, 0.15) is 10.4 Å². The van der Waals surface area contributed by atoms with Crippen LogP contribution >= 0.6 is 22.9 Å². The summed E-state index contributed by atoms with van der Waals surface area (Å²) in [5.41, 5.74) is 7.96. The zero-order valence-electron chi connectivity index (χ0n) is 10.4. The van der Waals surface area contributed by atoms with Crippen LogP contribution in [0.2, 0.25) is 5.02 Å². The molecule has 4 heteroatoms. The first kappa shape index (κ1) is 13.4. The monoisotopic (exact) mass is 280 g/mol. The number of nitrogens with zero attached hydrogens (tertiary/aromatic N) is 1. The van der Waals surface area contributed by atoms with Gasteiger partial charge in [0.1, 0.15) is 0 Å². The van der Waals surface area contributed by atoms with Gasteiger partial charge in [0.15, 0.2) is 0 Å². The molecule has 96 valence electrons. The maximum Gasteiger partial charge on any atom is 0.0642 e. The minimum atomic E-state index is 0.639. The Bertz CT molecular complexity index is 497. The van der Waals surface area contributed by atoms with Crippen molar-refractivity contribution in [3.05, 3.63) is 51.2 Å². The fourth-order valence-corrected chi connectivity index (χ4v) is 3.16. The lowest BCUT2D eigenvalue weighted by molar-refractivity contribution is 0.903. The summed E-state index contributed by atoms with van der Waals surface area (Å²) in [5, 5.41) is 2.89. The van der Waals surface area contributed by atoms with Crippen LogP contribution in [0.15, 0.2) is 35.7 Å². The quantitative estimate of drug-likeness (QED) is 0.908. The maximum atomic E-state index is 6.32. The van der Waals surface area contributed by atoms with Crippen LogP contribution in [0.3, 0.4) is 0 Å². The molecule has 18 heavy (non-hydrogen) atoms. The molecule has 1 heterocycles. The molecule has 0 radical (unpaired) electrons. The lowest BCUT2D eigenvalue weighted by Gasteiger charge is -2.23.